The van der Waals surface area contributed by atoms with E-state index in [0.29, 0.717) is 41.5 Å². The molecule has 5 rings (SSSR count). The smallest absolute Gasteiger partial charge is 0.409 e. The maximum Gasteiger partial charge on any atom is 0.409 e. The highest BCUT2D eigenvalue weighted by Crippen LogP contribution is 2.35. The Balaban J connectivity index is 1.46. The van der Waals surface area contributed by atoms with Gasteiger partial charge in [0.05, 0.1) is 30.9 Å². The van der Waals surface area contributed by atoms with Crippen molar-refractivity contribution in [2.75, 3.05) is 37.2 Å². The van der Waals surface area contributed by atoms with Crippen LogP contribution >= 0.6 is 11.3 Å². The van der Waals surface area contributed by atoms with Crippen molar-refractivity contribution in [2.24, 2.45) is 0 Å². The minimum absolute atomic E-state index is 0.0731. The van der Waals surface area contributed by atoms with Gasteiger partial charge >= 0.3 is 12.1 Å². The zero-order chi connectivity index (χ0) is 30.7. The first-order chi connectivity index (χ1) is 20.6. The monoisotopic (exact) mass is 608 g/mol. The topological polar surface area (TPSA) is 147 Å². The molecule has 2 aliphatic rings. The van der Waals surface area contributed by atoms with Crippen LogP contribution in [0.5, 0.6) is 11.5 Å². The summed E-state index contributed by atoms with van der Waals surface area (Å²) < 4.78 is 15.7. The molecule has 3 N–H and O–H groups in total. The van der Waals surface area contributed by atoms with E-state index in [1.165, 1.54) is 18.4 Å². The van der Waals surface area contributed by atoms with E-state index >= 15 is 0 Å². The van der Waals surface area contributed by atoms with Crippen LogP contribution in [0.15, 0.2) is 53.9 Å². The third-order valence-electron chi connectivity index (χ3n) is 7.42. The lowest BCUT2D eigenvalue weighted by molar-refractivity contribution is -0.137. The van der Waals surface area contributed by atoms with Gasteiger partial charge in [0, 0.05) is 41.2 Å². The van der Waals surface area contributed by atoms with Gasteiger partial charge < -0.3 is 39.8 Å². The molecule has 0 saturated carbocycles. The predicted molar refractivity (Wildman–Crippen MR) is 159 cm³/mol. The van der Waals surface area contributed by atoms with Crippen LogP contribution in [0.25, 0.3) is 0 Å². The van der Waals surface area contributed by atoms with Crippen molar-refractivity contribution in [2.45, 2.75) is 38.4 Å². The van der Waals surface area contributed by atoms with E-state index in [1.807, 2.05) is 19.2 Å². The highest BCUT2D eigenvalue weighted by atomic mass is 32.1. The number of anilines is 2. The van der Waals surface area contributed by atoms with Gasteiger partial charge in [-0.25, -0.2) is 4.79 Å². The molecule has 1 fully saturated rings. The Bertz CT molecular complexity index is 1530. The van der Waals surface area contributed by atoms with Crippen LogP contribution in [0.1, 0.15) is 51.9 Å². The molecule has 3 heterocycles. The van der Waals surface area contributed by atoms with Crippen LogP contribution in [-0.4, -0.2) is 73.0 Å². The van der Waals surface area contributed by atoms with Crippen LogP contribution in [0.3, 0.4) is 0 Å². The molecule has 0 aliphatic carbocycles. The van der Waals surface area contributed by atoms with Crippen molar-refractivity contribution in [3.63, 3.8) is 0 Å². The lowest BCUT2D eigenvalue weighted by atomic mass is 10.0. The highest BCUT2D eigenvalue weighted by Gasteiger charge is 2.34. The molecule has 226 valence electrons. The Labute approximate surface area is 252 Å². The summed E-state index contributed by atoms with van der Waals surface area (Å²) in [5.41, 5.74) is 1.62. The van der Waals surface area contributed by atoms with Crippen LogP contribution in [0.2, 0.25) is 0 Å². The number of ether oxygens (including phenoxy) is 3. The number of fused-ring (bicyclic) bond motifs is 1. The number of thiophene rings is 1. The molecule has 1 saturated heterocycles. The molecule has 1 aromatic heterocycles. The summed E-state index contributed by atoms with van der Waals surface area (Å²) in [5, 5.41) is 17.0. The van der Waals surface area contributed by atoms with Crippen molar-refractivity contribution < 1.29 is 38.5 Å². The standard InChI is InChI=1S/C30H32N4O8S/c1-17-15-34(30(39)40-3)18(2)14-33(17)23-8-6-19(28(37)32-22(13-27(35)36)26-5-4-10-43-26)11-21(23)31-29(38)20-7-9-24-25(12-20)42-16-41-24/h4-12,17-18,22H,13-16H2,1-3H3,(H,31,38)(H,32,37)(H,35,36). The summed E-state index contributed by atoms with van der Waals surface area (Å²) in [6, 6.07) is 12.3. The van der Waals surface area contributed by atoms with Crippen molar-refractivity contribution >= 4 is 46.6 Å². The summed E-state index contributed by atoms with van der Waals surface area (Å²) in [4.78, 5) is 55.1. The lowest BCUT2D eigenvalue weighted by Gasteiger charge is -2.45. The Hall–Kier alpha value is -4.78. The van der Waals surface area contributed by atoms with Gasteiger partial charge in [0.25, 0.3) is 11.8 Å². The molecule has 3 unspecified atom stereocenters. The minimum Gasteiger partial charge on any atom is -0.481 e. The molecule has 3 aromatic rings. The molecule has 0 bridgehead atoms. The molecule has 43 heavy (non-hydrogen) atoms. The number of benzene rings is 2. The molecule has 3 amide bonds. The van der Waals surface area contributed by atoms with E-state index in [9.17, 15) is 24.3 Å². The number of carbonyl (C=O) groups excluding carboxylic acids is 3. The number of carbonyl (C=O) groups is 4. The summed E-state index contributed by atoms with van der Waals surface area (Å²) in [5.74, 6) is -0.945. The molecule has 13 heteroatoms. The number of hydrogen-bond acceptors (Lipinski definition) is 9. The third-order valence-corrected chi connectivity index (χ3v) is 8.40. The first-order valence-corrected chi connectivity index (χ1v) is 14.5. The van der Waals surface area contributed by atoms with Gasteiger partial charge in [-0.1, -0.05) is 6.07 Å². The Morgan fingerprint density at radius 3 is 2.47 bits per heavy atom. The summed E-state index contributed by atoms with van der Waals surface area (Å²) >= 11 is 1.36. The minimum atomic E-state index is -1.04. The average Bonchev–Trinajstić information content (AvgIpc) is 3.69. The molecule has 0 spiro atoms. The lowest BCUT2D eigenvalue weighted by Crippen LogP contribution is -2.58. The van der Waals surface area contributed by atoms with Gasteiger partial charge in [-0.3, -0.25) is 14.4 Å². The van der Waals surface area contributed by atoms with Crippen LogP contribution in [-0.2, 0) is 9.53 Å². The zero-order valence-corrected chi connectivity index (χ0v) is 24.7. The SMILES string of the molecule is COC(=O)N1CC(C)N(c2ccc(C(=O)NC(CC(=O)O)c3cccs3)cc2NC(=O)c2ccc3c(c2)OCO3)CC1C. The number of carboxylic acid groups (broad SMARTS) is 1. The Morgan fingerprint density at radius 2 is 1.74 bits per heavy atom. The second-order valence-electron chi connectivity index (χ2n) is 10.4. The van der Waals surface area contributed by atoms with Crippen molar-refractivity contribution in [1.82, 2.24) is 10.2 Å². The molecular formula is C30H32N4O8S. The number of aliphatic carboxylic acids is 1. The first-order valence-electron chi connectivity index (χ1n) is 13.7. The Kier molecular flexibility index (Phi) is 8.71. The largest absolute Gasteiger partial charge is 0.481 e. The Morgan fingerprint density at radius 1 is 1.00 bits per heavy atom. The molecular weight excluding hydrogens is 576 g/mol. The second kappa shape index (κ2) is 12.6. The highest BCUT2D eigenvalue weighted by molar-refractivity contribution is 7.10. The van der Waals surface area contributed by atoms with Crippen molar-refractivity contribution in [1.29, 1.82) is 0 Å². The van der Waals surface area contributed by atoms with Gasteiger partial charge in [0.15, 0.2) is 11.5 Å². The number of amides is 3. The van der Waals surface area contributed by atoms with Gasteiger partial charge in [-0.05, 0) is 61.7 Å². The molecule has 0 radical (unpaired) electrons. The van der Waals surface area contributed by atoms with Gasteiger partial charge in [0.2, 0.25) is 6.79 Å². The summed E-state index contributed by atoms with van der Waals surface area (Å²) in [6.07, 6.45) is -0.693. The predicted octanol–water partition coefficient (Wildman–Crippen LogP) is 4.34. The fourth-order valence-electron chi connectivity index (χ4n) is 5.22. The molecule has 2 aliphatic heterocycles. The van der Waals surface area contributed by atoms with Crippen LogP contribution < -0.4 is 25.0 Å². The van der Waals surface area contributed by atoms with Crippen LogP contribution in [0.4, 0.5) is 16.2 Å². The number of carboxylic acids is 1. The number of hydrogen-bond donors (Lipinski definition) is 3. The van der Waals surface area contributed by atoms with E-state index in [1.54, 1.807) is 53.4 Å². The van der Waals surface area contributed by atoms with Crippen molar-refractivity contribution in [3.8, 4) is 11.5 Å². The number of nitrogens with one attached hydrogen (secondary N) is 2. The van der Waals surface area contributed by atoms with Crippen LogP contribution in [0, 0.1) is 0 Å². The number of methoxy groups -OCH3 is 1. The maximum absolute atomic E-state index is 13.5. The average molecular weight is 609 g/mol. The van der Waals surface area contributed by atoms with Gasteiger partial charge in [0.1, 0.15) is 0 Å². The number of piperazine rings is 1. The summed E-state index contributed by atoms with van der Waals surface area (Å²) in [6.45, 7) is 4.79. The normalized spacial score (nSPS) is 18.1. The van der Waals surface area contributed by atoms with Gasteiger partial charge in [-0.2, -0.15) is 0 Å². The van der Waals surface area contributed by atoms with E-state index in [-0.39, 0.29) is 30.9 Å². The van der Waals surface area contributed by atoms with Gasteiger partial charge in [-0.15, -0.1) is 11.3 Å². The fraction of sp³-hybridized carbons (Fsp3) is 0.333. The summed E-state index contributed by atoms with van der Waals surface area (Å²) in [7, 11) is 1.35. The quantitative estimate of drug-likeness (QED) is 0.340. The van der Waals surface area contributed by atoms with E-state index in [2.05, 4.69) is 15.5 Å². The van der Waals surface area contributed by atoms with E-state index in [4.69, 9.17) is 14.2 Å². The van der Waals surface area contributed by atoms with Crippen molar-refractivity contribution in [3.05, 3.63) is 69.9 Å². The molecule has 2 aromatic carbocycles. The second-order valence-corrected chi connectivity index (χ2v) is 11.3. The fourth-order valence-corrected chi connectivity index (χ4v) is 6.00. The van der Waals surface area contributed by atoms with E-state index < -0.39 is 29.9 Å². The van der Waals surface area contributed by atoms with E-state index in [0.717, 1.165) is 4.88 Å². The zero-order valence-electron chi connectivity index (χ0n) is 23.9. The first kappa shape index (κ1) is 29.7. The molecule has 3 atom stereocenters. The molecule has 12 nitrogen and oxygen atoms in total. The number of nitrogens with zero attached hydrogens (tertiary/aromatic N) is 2. The third kappa shape index (κ3) is 6.51. The number of rotatable bonds is 8. The maximum atomic E-state index is 13.5.